The van der Waals surface area contributed by atoms with Gasteiger partial charge in [0.25, 0.3) is 5.91 Å². The molecule has 23 heavy (non-hydrogen) atoms. The van der Waals surface area contributed by atoms with Gasteiger partial charge >= 0.3 is 0 Å². The van der Waals surface area contributed by atoms with Gasteiger partial charge in [0.15, 0.2) is 5.82 Å². The van der Waals surface area contributed by atoms with Crippen molar-refractivity contribution in [1.82, 2.24) is 15.5 Å². The molecule has 0 saturated heterocycles. The van der Waals surface area contributed by atoms with Gasteiger partial charge in [-0.1, -0.05) is 36.6 Å². The molecule has 0 aliphatic heterocycles. The number of carbonyl (C=O) groups excluding carboxylic acids is 1. The number of carbonyl (C=O) groups is 1. The molecule has 1 amide bonds. The molecule has 1 aromatic heterocycles. The van der Waals surface area contributed by atoms with E-state index < -0.39 is 5.54 Å². The monoisotopic (exact) mass is 315 g/mol. The Balaban J connectivity index is 1.91. The number of methoxy groups -OCH3 is 1. The van der Waals surface area contributed by atoms with Gasteiger partial charge in [-0.05, 0) is 25.0 Å². The highest BCUT2D eigenvalue weighted by atomic mass is 16.5. The average molecular weight is 315 g/mol. The number of aromatic nitrogens is 2. The van der Waals surface area contributed by atoms with E-state index in [9.17, 15) is 4.79 Å². The van der Waals surface area contributed by atoms with Crippen molar-refractivity contribution in [3.8, 4) is 5.75 Å². The van der Waals surface area contributed by atoms with Gasteiger partial charge in [0.05, 0.1) is 12.7 Å². The second-order valence-electron chi connectivity index (χ2n) is 5.93. The summed E-state index contributed by atoms with van der Waals surface area (Å²) in [6.45, 7) is 1.76. The van der Waals surface area contributed by atoms with E-state index in [-0.39, 0.29) is 5.91 Å². The van der Waals surface area contributed by atoms with Crippen LogP contribution < -0.4 is 10.1 Å². The topological polar surface area (TPSA) is 77.2 Å². The maximum atomic E-state index is 12.8. The summed E-state index contributed by atoms with van der Waals surface area (Å²) >= 11 is 0. The van der Waals surface area contributed by atoms with Crippen LogP contribution in [0.25, 0.3) is 0 Å². The lowest BCUT2D eigenvalue weighted by molar-refractivity contribution is 0.0852. The normalized spacial score (nSPS) is 16.8. The molecule has 1 aliphatic carbocycles. The van der Waals surface area contributed by atoms with Gasteiger partial charge in [-0.15, -0.1) is 0 Å². The second kappa shape index (κ2) is 6.40. The van der Waals surface area contributed by atoms with Crippen molar-refractivity contribution in [2.45, 2.75) is 44.6 Å². The fraction of sp³-hybridized carbons (Fsp3) is 0.471. The van der Waals surface area contributed by atoms with Gasteiger partial charge in [-0.3, -0.25) is 4.79 Å². The van der Waals surface area contributed by atoms with E-state index >= 15 is 0 Å². The van der Waals surface area contributed by atoms with Crippen molar-refractivity contribution in [3.63, 3.8) is 0 Å². The highest BCUT2D eigenvalue weighted by Crippen LogP contribution is 2.36. The first-order valence-corrected chi connectivity index (χ1v) is 7.91. The minimum absolute atomic E-state index is 0.174. The quantitative estimate of drug-likeness (QED) is 0.938. The molecule has 1 aliphatic rings. The number of nitrogens with one attached hydrogen (secondary N) is 1. The third-order valence-electron chi connectivity index (χ3n) is 4.37. The van der Waals surface area contributed by atoms with Crippen LogP contribution in [0.2, 0.25) is 0 Å². The molecule has 0 spiro atoms. The highest BCUT2D eigenvalue weighted by molar-refractivity contribution is 5.97. The summed E-state index contributed by atoms with van der Waals surface area (Å²) < 4.78 is 10.4. The number of benzene rings is 1. The molecule has 0 atom stereocenters. The minimum atomic E-state index is -0.562. The zero-order valence-corrected chi connectivity index (χ0v) is 13.5. The van der Waals surface area contributed by atoms with E-state index in [0.29, 0.717) is 23.0 Å². The molecule has 6 heteroatoms. The standard InChI is InChI=1S/C17H21N3O3/c1-12-18-16(20-23-12)17(10-6-3-7-11-17)19-15(21)13-8-4-5-9-14(13)22-2/h4-5,8-9H,3,6-7,10-11H2,1-2H3,(H,19,21). The van der Waals surface area contributed by atoms with E-state index in [1.165, 1.54) is 0 Å². The highest BCUT2D eigenvalue weighted by Gasteiger charge is 2.40. The van der Waals surface area contributed by atoms with Crippen LogP contribution in [-0.4, -0.2) is 23.2 Å². The van der Waals surface area contributed by atoms with Crippen molar-refractivity contribution in [1.29, 1.82) is 0 Å². The number of hydrogen-bond acceptors (Lipinski definition) is 5. The van der Waals surface area contributed by atoms with Crippen LogP contribution in [0.3, 0.4) is 0 Å². The molecule has 0 unspecified atom stereocenters. The Hall–Kier alpha value is -2.37. The summed E-state index contributed by atoms with van der Waals surface area (Å²) in [5, 5.41) is 7.22. The first kappa shape index (κ1) is 15.5. The molecule has 6 nitrogen and oxygen atoms in total. The Morgan fingerprint density at radius 3 is 2.65 bits per heavy atom. The van der Waals surface area contributed by atoms with Crippen molar-refractivity contribution in [3.05, 3.63) is 41.5 Å². The molecule has 1 aromatic carbocycles. The van der Waals surface area contributed by atoms with Gasteiger partial charge in [0, 0.05) is 6.92 Å². The molecule has 2 aromatic rings. The summed E-state index contributed by atoms with van der Waals surface area (Å²) in [4.78, 5) is 17.2. The zero-order chi connectivity index (χ0) is 16.3. The number of para-hydroxylation sites is 1. The van der Waals surface area contributed by atoms with Gasteiger partial charge < -0.3 is 14.6 Å². The fourth-order valence-corrected chi connectivity index (χ4v) is 3.17. The molecular formula is C17H21N3O3. The van der Waals surface area contributed by atoms with Gasteiger partial charge in [-0.2, -0.15) is 4.98 Å². The maximum absolute atomic E-state index is 12.8. The van der Waals surface area contributed by atoms with Crippen LogP contribution in [0.1, 0.15) is 54.2 Å². The first-order valence-electron chi connectivity index (χ1n) is 7.91. The summed E-state index contributed by atoms with van der Waals surface area (Å²) in [6.07, 6.45) is 4.84. The zero-order valence-electron chi connectivity index (χ0n) is 13.5. The smallest absolute Gasteiger partial charge is 0.255 e. The second-order valence-corrected chi connectivity index (χ2v) is 5.93. The van der Waals surface area contributed by atoms with Crippen molar-refractivity contribution in [2.24, 2.45) is 0 Å². The Kier molecular flexibility index (Phi) is 4.32. The van der Waals surface area contributed by atoms with Gasteiger partial charge in [0.2, 0.25) is 5.89 Å². The summed E-state index contributed by atoms with van der Waals surface area (Å²) in [7, 11) is 1.56. The Labute approximate surface area is 135 Å². The minimum Gasteiger partial charge on any atom is -0.496 e. The lowest BCUT2D eigenvalue weighted by Gasteiger charge is -2.35. The fourth-order valence-electron chi connectivity index (χ4n) is 3.17. The van der Waals surface area contributed by atoms with Crippen molar-refractivity contribution < 1.29 is 14.1 Å². The first-order chi connectivity index (χ1) is 11.1. The summed E-state index contributed by atoms with van der Waals surface area (Å²) in [5.74, 6) is 1.46. The van der Waals surface area contributed by atoms with E-state index in [1.807, 2.05) is 12.1 Å². The van der Waals surface area contributed by atoms with Crippen LogP contribution in [-0.2, 0) is 5.54 Å². The molecule has 3 rings (SSSR count). The van der Waals surface area contributed by atoms with Crippen LogP contribution in [0, 0.1) is 6.92 Å². The Morgan fingerprint density at radius 1 is 1.26 bits per heavy atom. The van der Waals surface area contributed by atoms with Gasteiger partial charge in [0.1, 0.15) is 11.3 Å². The molecule has 1 saturated carbocycles. The molecule has 0 bridgehead atoms. The van der Waals surface area contributed by atoms with E-state index in [2.05, 4.69) is 15.5 Å². The number of rotatable bonds is 4. The maximum Gasteiger partial charge on any atom is 0.255 e. The van der Waals surface area contributed by atoms with E-state index in [1.54, 1.807) is 26.2 Å². The predicted octanol–water partition coefficient (Wildman–Crippen LogP) is 2.98. The third-order valence-corrected chi connectivity index (χ3v) is 4.37. The molecule has 0 radical (unpaired) electrons. The molecular weight excluding hydrogens is 294 g/mol. The number of hydrogen-bond donors (Lipinski definition) is 1. The van der Waals surface area contributed by atoms with Gasteiger partial charge in [-0.25, -0.2) is 0 Å². The number of ether oxygens (including phenoxy) is 1. The lowest BCUT2D eigenvalue weighted by atomic mass is 9.80. The Morgan fingerprint density at radius 2 is 2.00 bits per heavy atom. The van der Waals surface area contributed by atoms with Crippen molar-refractivity contribution in [2.75, 3.05) is 7.11 Å². The number of nitrogens with zero attached hydrogens (tertiary/aromatic N) is 2. The van der Waals surface area contributed by atoms with E-state index in [0.717, 1.165) is 32.1 Å². The Bertz CT molecular complexity index is 690. The van der Waals surface area contributed by atoms with E-state index in [4.69, 9.17) is 9.26 Å². The van der Waals surface area contributed by atoms with Crippen LogP contribution in [0.4, 0.5) is 0 Å². The number of amides is 1. The van der Waals surface area contributed by atoms with Crippen molar-refractivity contribution >= 4 is 5.91 Å². The largest absolute Gasteiger partial charge is 0.496 e. The van der Waals surface area contributed by atoms with Crippen LogP contribution in [0.15, 0.2) is 28.8 Å². The SMILES string of the molecule is COc1ccccc1C(=O)NC1(c2noc(C)n2)CCCCC1. The molecule has 1 fully saturated rings. The van der Waals surface area contributed by atoms with Crippen LogP contribution in [0.5, 0.6) is 5.75 Å². The van der Waals surface area contributed by atoms with Crippen LogP contribution >= 0.6 is 0 Å². The number of aryl methyl sites for hydroxylation is 1. The average Bonchev–Trinajstić information content (AvgIpc) is 3.03. The summed E-state index contributed by atoms with van der Waals surface area (Å²) in [5.41, 5.74) is -0.0475. The molecule has 122 valence electrons. The summed E-state index contributed by atoms with van der Waals surface area (Å²) in [6, 6.07) is 7.20. The molecule has 1 N–H and O–H groups in total. The molecule has 1 heterocycles. The lowest BCUT2D eigenvalue weighted by Crippen LogP contribution is -2.48. The predicted molar refractivity (Wildman–Crippen MR) is 84.3 cm³/mol. The third kappa shape index (κ3) is 3.06.